The van der Waals surface area contributed by atoms with Gasteiger partial charge in [0.15, 0.2) is 5.11 Å². The van der Waals surface area contributed by atoms with Gasteiger partial charge in [0.1, 0.15) is 0 Å². The van der Waals surface area contributed by atoms with Gasteiger partial charge in [-0.15, -0.1) is 0 Å². The summed E-state index contributed by atoms with van der Waals surface area (Å²) in [6.07, 6.45) is 3.82. The number of aliphatic hydroxyl groups excluding tert-OH is 1. The molecule has 1 aliphatic carbocycles. The first-order valence-corrected chi connectivity index (χ1v) is 7.10. The second kappa shape index (κ2) is 7.17. The molecule has 0 aliphatic heterocycles. The molecule has 17 heavy (non-hydrogen) atoms. The van der Waals surface area contributed by atoms with E-state index in [0.717, 1.165) is 5.92 Å². The SMILES string of the molecule is CC(C)C1CC[C@@H](C)C[C@H]1NC(=S)NCCO. The highest BCUT2D eigenvalue weighted by Crippen LogP contribution is 2.33. The molecule has 4 heteroatoms. The van der Waals surface area contributed by atoms with Crippen molar-refractivity contribution < 1.29 is 5.11 Å². The smallest absolute Gasteiger partial charge is 0.166 e. The summed E-state index contributed by atoms with van der Waals surface area (Å²) in [5.41, 5.74) is 0. The van der Waals surface area contributed by atoms with Gasteiger partial charge in [-0.05, 0) is 42.8 Å². The molecule has 3 N–H and O–H groups in total. The highest BCUT2D eigenvalue weighted by molar-refractivity contribution is 7.80. The van der Waals surface area contributed by atoms with Crippen LogP contribution in [0.25, 0.3) is 0 Å². The fourth-order valence-corrected chi connectivity index (χ4v) is 3.01. The van der Waals surface area contributed by atoms with Crippen molar-refractivity contribution in [1.29, 1.82) is 0 Å². The van der Waals surface area contributed by atoms with E-state index >= 15 is 0 Å². The van der Waals surface area contributed by atoms with Gasteiger partial charge >= 0.3 is 0 Å². The number of rotatable bonds is 4. The molecule has 1 unspecified atom stereocenters. The first-order chi connectivity index (χ1) is 8.04. The van der Waals surface area contributed by atoms with Gasteiger partial charge in [-0.1, -0.05) is 27.2 Å². The van der Waals surface area contributed by atoms with Crippen LogP contribution in [0.5, 0.6) is 0 Å². The summed E-state index contributed by atoms with van der Waals surface area (Å²) in [5.74, 6) is 2.18. The maximum atomic E-state index is 8.75. The van der Waals surface area contributed by atoms with Crippen molar-refractivity contribution >= 4 is 17.3 Å². The van der Waals surface area contributed by atoms with E-state index < -0.39 is 0 Å². The summed E-state index contributed by atoms with van der Waals surface area (Å²) >= 11 is 5.25. The maximum absolute atomic E-state index is 8.75. The van der Waals surface area contributed by atoms with Gasteiger partial charge < -0.3 is 15.7 Å². The Labute approximate surface area is 110 Å². The third-order valence-corrected chi connectivity index (χ3v) is 4.00. The van der Waals surface area contributed by atoms with Crippen molar-refractivity contribution in [1.82, 2.24) is 10.6 Å². The van der Waals surface area contributed by atoms with Crippen LogP contribution in [0.1, 0.15) is 40.0 Å². The first kappa shape index (κ1) is 14.7. The lowest BCUT2D eigenvalue weighted by molar-refractivity contribution is 0.185. The molecule has 0 aromatic carbocycles. The quantitative estimate of drug-likeness (QED) is 0.674. The Balaban J connectivity index is 2.48. The molecule has 3 nitrogen and oxygen atoms in total. The Bertz CT molecular complexity index is 246. The van der Waals surface area contributed by atoms with Crippen LogP contribution in [0.4, 0.5) is 0 Å². The van der Waals surface area contributed by atoms with E-state index in [-0.39, 0.29) is 6.61 Å². The van der Waals surface area contributed by atoms with Crippen LogP contribution in [0.15, 0.2) is 0 Å². The summed E-state index contributed by atoms with van der Waals surface area (Å²) in [7, 11) is 0. The lowest BCUT2D eigenvalue weighted by atomic mass is 9.74. The minimum atomic E-state index is 0.122. The van der Waals surface area contributed by atoms with Crippen LogP contribution in [0.2, 0.25) is 0 Å². The lowest BCUT2D eigenvalue weighted by Crippen LogP contribution is -2.49. The molecule has 0 bridgehead atoms. The van der Waals surface area contributed by atoms with Crippen LogP contribution < -0.4 is 10.6 Å². The van der Waals surface area contributed by atoms with Crippen molar-refractivity contribution in [2.45, 2.75) is 46.1 Å². The second-order valence-electron chi connectivity index (χ2n) is 5.56. The molecule has 1 rings (SSSR count). The molecule has 1 aliphatic rings. The van der Waals surface area contributed by atoms with Gasteiger partial charge in [-0.3, -0.25) is 0 Å². The Hall–Kier alpha value is -0.350. The van der Waals surface area contributed by atoms with Crippen molar-refractivity contribution in [2.75, 3.05) is 13.2 Å². The van der Waals surface area contributed by atoms with Crippen molar-refractivity contribution in [3.05, 3.63) is 0 Å². The standard InChI is InChI=1S/C13H26N2OS/c1-9(2)11-5-4-10(3)8-12(11)15-13(17)14-6-7-16/h9-12,16H,4-8H2,1-3H3,(H2,14,15,17)/t10-,11?,12-/m1/s1. The molecule has 1 saturated carbocycles. The summed E-state index contributed by atoms with van der Waals surface area (Å²) in [6.45, 7) is 7.55. The zero-order valence-corrected chi connectivity index (χ0v) is 12.0. The molecule has 100 valence electrons. The normalized spacial score (nSPS) is 29.1. The fourth-order valence-electron chi connectivity index (χ4n) is 2.76. The number of hydrogen-bond donors (Lipinski definition) is 3. The summed E-state index contributed by atoms with van der Waals surface area (Å²) < 4.78 is 0. The predicted molar refractivity (Wildman–Crippen MR) is 76.0 cm³/mol. The van der Waals surface area contributed by atoms with Gasteiger partial charge in [0.25, 0.3) is 0 Å². The highest BCUT2D eigenvalue weighted by atomic mass is 32.1. The minimum Gasteiger partial charge on any atom is -0.395 e. The second-order valence-corrected chi connectivity index (χ2v) is 5.96. The van der Waals surface area contributed by atoms with Crippen LogP contribution >= 0.6 is 12.2 Å². The van der Waals surface area contributed by atoms with Gasteiger partial charge in [-0.25, -0.2) is 0 Å². The van der Waals surface area contributed by atoms with Gasteiger partial charge in [0.05, 0.1) is 6.61 Å². The summed E-state index contributed by atoms with van der Waals surface area (Å²) in [4.78, 5) is 0. The fraction of sp³-hybridized carbons (Fsp3) is 0.923. The van der Waals surface area contributed by atoms with Crippen molar-refractivity contribution in [3.63, 3.8) is 0 Å². The monoisotopic (exact) mass is 258 g/mol. The van der Waals surface area contributed by atoms with Crippen LogP contribution in [-0.4, -0.2) is 29.4 Å². The summed E-state index contributed by atoms with van der Waals surface area (Å²) in [5, 5.41) is 15.9. The molecular formula is C13H26N2OS. The van der Waals surface area contributed by atoms with Crippen molar-refractivity contribution in [2.24, 2.45) is 17.8 Å². The van der Waals surface area contributed by atoms with Crippen LogP contribution in [0, 0.1) is 17.8 Å². The maximum Gasteiger partial charge on any atom is 0.166 e. The molecule has 0 spiro atoms. The van der Waals surface area contributed by atoms with Crippen LogP contribution in [-0.2, 0) is 0 Å². The Kier molecular flexibility index (Phi) is 6.20. The molecule has 0 amide bonds. The molecule has 3 atom stereocenters. The highest BCUT2D eigenvalue weighted by Gasteiger charge is 2.30. The van der Waals surface area contributed by atoms with Crippen LogP contribution in [0.3, 0.4) is 0 Å². The number of nitrogens with one attached hydrogen (secondary N) is 2. The molecule has 1 fully saturated rings. The molecular weight excluding hydrogens is 232 g/mol. The van der Waals surface area contributed by atoms with E-state index in [2.05, 4.69) is 31.4 Å². The van der Waals surface area contributed by atoms with E-state index in [1.54, 1.807) is 0 Å². The first-order valence-electron chi connectivity index (χ1n) is 6.69. The van der Waals surface area contributed by atoms with E-state index in [0.29, 0.717) is 29.5 Å². The number of thiocarbonyl (C=S) groups is 1. The zero-order valence-electron chi connectivity index (χ0n) is 11.2. The van der Waals surface area contributed by atoms with E-state index in [4.69, 9.17) is 17.3 Å². The third-order valence-electron chi connectivity index (χ3n) is 3.74. The van der Waals surface area contributed by atoms with Crippen molar-refractivity contribution in [3.8, 4) is 0 Å². The summed E-state index contributed by atoms with van der Waals surface area (Å²) in [6, 6.07) is 0.484. The molecule has 0 aromatic heterocycles. The average Bonchev–Trinajstić information content (AvgIpc) is 2.26. The van der Waals surface area contributed by atoms with Gasteiger partial charge in [0.2, 0.25) is 0 Å². The van der Waals surface area contributed by atoms with E-state index in [9.17, 15) is 0 Å². The Morgan fingerprint density at radius 1 is 1.41 bits per heavy atom. The lowest BCUT2D eigenvalue weighted by Gasteiger charge is -2.38. The number of hydrogen-bond acceptors (Lipinski definition) is 2. The Morgan fingerprint density at radius 2 is 2.12 bits per heavy atom. The van der Waals surface area contributed by atoms with Gasteiger partial charge in [-0.2, -0.15) is 0 Å². The average molecular weight is 258 g/mol. The molecule has 0 saturated heterocycles. The van der Waals surface area contributed by atoms with E-state index in [1.807, 2.05) is 0 Å². The predicted octanol–water partition coefficient (Wildman–Crippen LogP) is 1.90. The number of aliphatic hydroxyl groups is 1. The molecule has 0 aromatic rings. The third kappa shape index (κ3) is 4.80. The molecule has 0 heterocycles. The zero-order chi connectivity index (χ0) is 12.8. The topological polar surface area (TPSA) is 44.3 Å². The van der Waals surface area contributed by atoms with E-state index in [1.165, 1.54) is 19.3 Å². The Morgan fingerprint density at radius 3 is 2.71 bits per heavy atom. The van der Waals surface area contributed by atoms with Gasteiger partial charge in [0, 0.05) is 12.6 Å². The largest absolute Gasteiger partial charge is 0.395 e. The molecule has 0 radical (unpaired) electrons. The minimum absolute atomic E-state index is 0.122.